The van der Waals surface area contributed by atoms with Gasteiger partial charge in [-0.25, -0.2) is 0 Å². The number of aliphatic imine (C=N–C) groups is 3. The van der Waals surface area contributed by atoms with Gasteiger partial charge in [0.05, 0.1) is 23.7 Å². The molecule has 5 rings (SSSR count). The van der Waals surface area contributed by atoms with Crippen LogP contribution in [0.15, 0.2) is 69.0 Å². The summed E-state index contributed by atoms with van der Waals surface area (Å²) in [6.07, 6.45) is 0. The molecule has 3 aliphatic heterocycles. The van der Waals surface area contributed by atoms with Crippen molar-refractivity contribution >= 4 is 29.5 Å². The number of rotatable bonds is 5. The van der Waals surface area contributed by atoms with E-state index in [1.54, 1.807) is 6.07 Å². The second kappa shape index (κ2) is 9.22. The number of nitriles is 1. The summed E-state index contributed by atoms with van der Waals surface area (Å²) in [6.45, 7) is 1.50. The lowest BCUT2D eigenvalue weighted by atomic mass is 10.1. The van der Waals surface area contributed by atoms with Crippen LogP contribution in [-0.4, -0.2) is 61.1 Å². The van der Waals surface area contributed by atoms with Gasteiger partial charge in [0.25, 0.3) is 5.88 Å². The highest BCUT2D eigenvalue weighted by atomic mass is 16.5. The van der Waals surface area contributed by atoms with Crippen molar-refractivity contribution in [1.29, 1.82) is 5.26 Å². The van der Waals surface area contributed by atoms with Crippen LogP contribution >= 0.6 is 0 Å². The van der Waals surface area contributed by atoms with Crippen molar-refractivity contribution < 1.29 is 19.1 Å². The Bertz CT molecular complexity index is 1450. The van der Waals surface area contributed by atoms with Crippen molar-refractivity contribution in [2.75, 3.05) is 26.7 Å². The van der Waals surface area contributed by atoms with Crippen LogP contribution in [0.5, 0.6) is 11.5 Å². The van der Waals surface area contributed by atoms with Crippen LogP contribution in [0.25, 0.3) is 0 Å². The zero-order valence-corrected chi connectivity index (χ0v) is 19.1. The van der Waals surface area contributed by atoms with Crippen LogP contribution in [-0.2, 0) is 4.79 Å². The third-order valence-electron chi connectivity index (χ3n) is 5.48. The van der Waals surface area contributed by atoms with Gasteiger partial charge >= 0.3 is 6.02 Å². The number of amides is 2. The van der Waals surface area contributed by atoms with E-state index in [1.807, 2.05) is 31.3 Å². The summed E-state index contributed by atoms with van der Waals surface area (Å²) < 4.78 is 11.9. The number of hydrogen-bond acceptors (Lipinski definition) is 10. The maximum atomic E-state index is 12.0. The highest BCUT2D eigenvalue weighted by molar-refractivity contribution is 6.13. The van der Waals surface area contributed by atoms with Crippen LogP contribution in [0.4, 0.5) is 0 Å². The summed E-state index contributed by atoms with van der Waals surface area (Å²) in [4.78, 5) is 38.9. The molecule has 4 N–H and O–H groups in total. The molecule has 0 unspecified atom stereocenters. The number of carbonyl (C=O) groups is 2. The summed E-state index contributed by atoms with van der Waals surface area (Å²) >= 11 is 0. The SMILES string of the molecule is CN1CCN=C1c1cccc(OC2=NC(Oc3ccc(C#N)c(C(N)=O)c3)=C3NC(=O)CN=C3N2)c1. The van der Waals surface area contributed by atoms with Crippen LogP contribution < -0.4 is 25.8 Å². The number of nitrogens with one attached hydrogen (secondary N) is 2. The van der Waals surface area contributed by atoms with Crippen molar-refractivity contribution in [1.82, 2.24) is 15.5 Å². The standard InChI is InChI=1S/C24H20N8O4/c1-32-8-7-27-22(32)13-3-2-4-15(9-13)36-24-30-21-19(29-18(33)12-28-21)23(31-24)35-16-6-5-14(11-25)17(10-16)20(26)34/h2-6,9-10H,7-8,12H2,1H3,(H2,26,34)(H,29,33)(H,28,30,31). The quantitative estimate of drug-likeness (QED) is 0.554. The van der Waals surface area contributed by atoms with Crippen molar-refractivity contribution in [2.24, 2.45) is 20.7 Å². The summed E-state index contributed by atoms with van der Waals surface area (Å²) in [5.74, 6) is 0.705. The molecule has 3 aliphatic rings. The normalized spacial score (nSPS) is 16.6. The molecule has 12 nitrogen and oxygen atoms in total. The molecule has 12 heteroatoms. The Labute approximate surface area is 205 Å². The Hall–Kier alpha value is -5.18. The van der Waals surface area contributed by atoms with Gasteiger partial charge in [-0.05, 0) is 30.3 Å². The summed E-state index contributed by atoms with van der Waals surface area (Å²) in [5.41, 5.74) is 6.60. The molecule has 0 aromatic heterocycles. The van der Waals surface area contributed by atoms with Crippen LogP contribution in [0.1, 0.15) is 21.5 Å². The number of ether oxygens (including phenoxy) is 2. The predicted octanol–water partition coefficient (Wildman–Crippen LogP) is 0.464. The van der Waals surface area contributed by atoms with Crippen molar-refractivity contribution in [3.63, 3.8) is 0 Å². The Morgan fingerprint density at radius 1 is 1.14 bits per heavy atom. The van der Waals surface area contributed by atoms with Gasteiger partial charge in [-0.2, -0.15) is 10.3 Å². The highest BCUT2D eigenvalue weighted by Crippen LogP contribution is 2.24. The number of benzene rings is 2. The number of fused-ring (bicyclic) bond motifs is 1. The zero-order chi connectivity index (χ0) is 25.2. The molecule has 0 bridgehead atoms. The molecule has 180 valence electrons. The smallest absolute Gasteiger partial charge is 0.304 e. The average Bonchev–Trinajstić information content (AvgIpc) is 3.30. The van der Waals surface area contributed by atoms with Gasteiger partial charge < -0.3 is 25.4 Å². The molecule has 0 spiro atoms. The molecule has 0 radical (unpaired) electrons. The number of likely N-dealkylation sites (N-methyl/N-ethyl adjacent to an activating group) is 1. The Morgan fingerprint density at radius 2 is 1.97 bits per heavy atom. The second-order valence-electron chi connectivity index (χ2n) is 7.98. The molecule has 0 atom stereocenters. The fourth-order valence-corrected chi connectivity index (χ4v) is 3.78. The lowest BCUT2D eigenvalue weighted by Crippen LogP contribution is -2.48. The molecule has 36 heavy (non-hydrogen) atoms. The van der Waals surface area contributed by atoms with Gasteiger partial charge in [0.2, 0.25) is 11.8 Å². The monoisotopic (exact) mass is 484 g/mol. The highest BCUT2D eigenvalue weighted by Gasteiger charge is 2.29. The Kier molecular flexibility index (Phi) is 5.79. The number of nitrogens with zero attached hydrogens (tertiary/aromatic N) is 5. The van der Waals surface area contributed by atoms with Crippen molar-refractivity contribution in [3.8, 4) is 17.6 Å². The maximum Gasteiger partial charge on any atom is 0.304 e. The molecule has 0 fully saturated rings. The fourth-order valence-electron chi connectivity index (χ4n) is 3.78. The van der Waals surface area contributed by atoms with E-state index in [1.165, 1.54) is 18.2 Å². The van der Waals surface area contributed by atoms with Crippen LogP contribution in [0, 0.1) is 11.3 Å². The molecule has 0 saturated heterocycles. The first kappa shape index (κ1) is 22.6. The third kappa shape index (κ3) is 4.45. The Balaban J connectivity index is 1.47. The zero-order valence-electron chi connectivity index (χ0n) is 19.1. The topological polar surface area (TPSA) is 167 Å². The summed E-state index contributed by atoms with van der Waals surface area (Å²) in [5, 5.41) is 14.8. The fraction of sp³-hybridized carbons (Fsp3) is 0.167. The second-order valence-corrected chi connectivity index (χ2v) is 7.98. The van der Waals surface area contributed by atoms with Crippen LogP contribution in [0.2, 0.25) is 0 Å². The molecule has 0 saturated carbocycles. The number of amidine groups is 3. The average molecular weight is 484 g/mol. The van der Waals surface area contributed by atoms with Gasteiger partial charge in [0.1, 0.15) is 29.6 Å². The van der Waals surface area contributed by atoms with Crippen molar-refractivity contribution in [2.45, 2.75) is 0 Å². The molecule has 2 aromatic carbocycles. The van der Waals surface area contributed by atoms with Crippen molar-refractivity contribution in [3.05, 3.63) is 70.7 Å². The summed E-state index contributed by atoms with van der Waals surface area (Å²) in [7, 11) is 1.98. The predicted molar refractivity (Wildman–Crippen MR) is 129 cm³/mol. The van der Waals surface area contributed by atoms with Crippen LogP contribution in [0.3, 0.4) is 0 Å². The molecular weight excluding hydrogens is 464 g/mol. The van der Waals surface area contributed by atoms with Gasteiger partial charge in [0, 0.05) is 19.2 Å². The van der Waals surface area contributed by atoms with Gasteiger partial charge in [-0.15, -0.1) is 0 Å². The molecule has 2 amide bonds. The Morgan fingerprint density at radius 3 is 2.72 bits per heavy atom. The van der Waals surface area contributed by atoms with E-state index < -0.39 is 5.91 Å². The summed E-state index contributed by atoms with van der Waals surface area (Å²) in [6, 6.07) is 13.6. The minimum Gasteiger partial charge on any atom is -0.437 e. The van der Waals surface area contributed by atoms with E-state index in [2.05, 4.69) is 30.5 Å². The van der Waals surface area contributed by atoms with Gasteiger partial charge in [0.15, 0.2) is 5.84 Å². The molecule has 2 aromatic rings. The van der Waals surface area contributed by atoms with E-state index in [4.69, 9.17) is 15.2 Å². The van der Waals surface area contributed by atoms with Gasteiger partial charge in [-0.1, -0.05) is 12.1 Å². The maximum absolute atomic E-state index is 12.0. The number of primary amides is 1. The minimum absolute atomic E-state index is 0.00633. The van der Waals surface area contributed by atoms with E-state index >= 15 is 0 Å². The minimum atomic E-state index is -0.780. The molecule has 3 heterocycles. The molecule has 0 aliphatic carbocycles. The third-order valence-corrected chi connectivity index (χ3v) is 5.48. The first-order valence-electron chi connectivity index (χ1n) is 10.9. The number of carbonyl (C=O) groups excluding carboxylic acids is 2. The first-order chi connectivity index (χ1) is 17.4. The van der Waals surface area contributed by atoms with E-state index in [0.717, 1.165) is 24.5 Å². The van der Waals surface area contributed by atoms with E-state index in [-0.39, 0.29) is 46.9 Å². The number of nitrogens with two attached hydrogens (primary N) is 1. The van der Waals surface area contributed by atoms with E-state index in [9.17, 15) is 14.9 Å². The first-order valence-corrected chi connectivity index (χ1v) is 10.9. The molecular formula is C24H20N8O4. The largest absolute Gasteiger partial charge is 0.437 e. The number of hydrogen-bond donors (Lipinski definition) is 3. The lowest BCUT2D eigenvalue weighted by Gasteiger charge is -2.25. The van der Waals surface area contributed by atoms with E-state index in [0.29, 0.717) is 11.6 Å². The lowest BCUT2D eigenvalue weighted by molar-refractivity contribution is -0.119. The van der Waals surface area contributed by atoms with Gasteiger partial charge in [-0.3, -0.25) is 24.9 Å².